The molecule has 1 rings (SSSR count). The first-order chi connectivity index (χ1) is 6.09. The van der Waals surface area contributed by atoms with Crippen LogP contribution in [0.4, 0.5) is 5.69 Å². The van der Waals surface area contributed by atoms with Gasteiger partial charge in [0.1, 0.15) is 0 Å². The summed E-state index contributed by atoms with van der Waals surface area (Å²) in [6.45, 7) is 2.58. The average molecular weight is 259 g/mol. The lowest BCUT2D eigenvalue weighted by Gasteiger charge is -2.06. The number of halogens is 1. The summed E-state index contributed by atoms with van der Waals surface area (Å²) >= 11 is 8.19. The summed E-state index contributed by atoms with van der Waals surface area (Å²) in [6, 6.07) is 6.02. The number of hydrogen-bond donors (Lipinski definition) is 2. The molecule has 1 aromatic carbocycles. The molecule has 70 valence electrons. The summed E-state index contributed by atoms with van der Waals surface area (Å²) in [4.78, 5) is 0.473. The van der Waals surface area contributed by atoms with Crippen molar-refractivity contribution in [1.29, 1.82) is 0 Å². The molecular formula is C9H11BrN2S. The van der Waals surface area contributed by atoms with Gasteiger partial charge in [0, 0.05) is 10.2 Å². The zero-order valence-corrected chi connectivity index (χ0v) is 9.71. The first-order valence-electron chi connectivity index (χ1n) is 3.88. The number of nitrogens with two attached hydrogens (primary N) is 1. The monoisotopic (exact) mass is 258 g/mol. The van der Waals surface area contributed by atoms with Gasteiger partial charge >= 0.3 is 0 Å². The van der Waals surface area contributed by atoms with Gasteiger partial charge < -0.3 is 11.1 Å². The molecule has 0 aliphatic heterocycles. The number of aryl methyl sites for hydroxylation is 1. The van der Waals surface area contributed by atoms with E-state index in [0.717, 1.165) is 10.2 Å². The predicted molar refractivity (Wildman–Crippen MR) is 64.2 cm³/mol. The highest BCUT2D eigenvalue weighted by molar-refractivity contribution is 9.10. The molecule has 0 aliphatic rings. The van der Waals surface area contributed by atoms with Gasteiger partial charge in [0.25, 0.3) is 0 Å². The van der Waals surface area contributed by atoms with E-state index in [9.17, 15) is 0 Å². The fourth-order valence-corrected chi connectivity index (χ4v) is 1.26. The fraction of sp³-hybridized carbons (Fsp3) is 0.222. The van der Waals surface area contributed by atoms with Gasteiger partial charge in [0.2, 0.25) is 0 Å². The Hall–Kier alpha value is -0.610. The molecule has 2 nitrogen and oxygen atoms in total. The Kier molecular flexibility index (Phi) is 3.69. The highest BCUT2D eigenvalue weighted by Crippen LogP contribution is 2.19. The summed E-state index contributed by atoms with van der Waals surface area (Å²) in [7, 11) is 0. The van der Waals surface area contributed by atoms with Crippen molar-refractivity contribution in [2.75, 3.05) is 11.9 Å². The zero-order valence-electron chi connectivity index (χ0n) is 7.30. The minimum Gasteiger partial charge on any atom is -0.392 e. The lowest BCUT2D eigenvalue weighted by molar-refractivity contribution is 1.35. The van der Waals surface area contributed by atoms with E-state index in [2.05, 4.69) is 21.2 Å². The molecule has 0 bridgehead atoms. The molecule has 0 radical (unpaired) electrons. The van der Waals surface area contributed by atoms with Gasteiger partial charge in [-0.2, -0.15) is 0 Å². The van der Waals surface area contributed by atoms with Crippen LogP contribution in [0.25, 0.3) is 0 Å². The van der Waals surface area contributed by atoms with Gasteiger partial charge in [-0.15, -0.1) is 0 Å². The summed E-state index contributed by atoms with van der Waals surface area (Å²) in [5.74, 6) is 0. The van der Waals surface area contributed by atoms with Gasteiger partial charge in [-0.1, -0.05) is 28.1 Å². The van der Waals surface area contributed by atoms with Crippen molar-refractivity contribution >= 4 is 38.8 Å². The molecule has 0 saturated heterocycles. The van der Waals surface area contributed by atoms with Crippen molar-refractivity contribution in [3.63, 3.8) is 0 Å². The predicted octanol–water partition coefficient (Wildman–Crippen LogP) is 2.46. The van der Waals surface area contributed by atoms with E-state index in [1.165, 1.54) is 5.56 Å². The molecule has 0 atom stereocenters. The van der Waals surface area contributed by atoms with Crippen LogP contribution in [-0.4, -0.2) is 11.5 Å². The van der Waals surface area contributed by atoms with Crippen LogP contribution in [-0.2, 0) is 0 Å². The molecule has 3 N–H and O–H groups in total. The van der Waals surface area contributed by atoms with Gasteiger partial charge in [-0.05, 0) is 30.7 Å². The molecule has 0 unspecified atom stereocenters. The number of nitrogens with one attached hydrogen (secondary N) is 1. The Balaban J connectivity index is 2.68. The highest BCUT2D eigenvalue weighted by Gasteiger charge is 1.96. The Bertz CT molecular complexity index is 325. The van der Waals surface area contributed by atoms with E-state index in [4.69, 9.17) is 18.0 Å². The minimum atomic E-state index is 0.473. The van der Waals surface area contributed by atoms with Gasteiger partial charge in [0.15, 0.2) is 0 Å². The number of thiocarbonyl (C=S) groups is 1. The normalized spacial score (nSPS) is 9.69. The van der Waals surface area contributed by atoms with Gasteiger partial charge in [-0.25, -0.2) is 0 Å². The molecule has 0 aliphatic carbocycles. The topological polar surface area (TPSA) is 38.0 Å². The zero-order chi connectivity index (χ0) is 9.84. The van der Waals surface area contributed by atoms with Crippen molar-refractivity contribution in [1.82, 2.24) is 0 Å². The molecule has 0 spiro atoms. The first-order valence-corrected chi connectivity index (χ1v) is 5.08. The van der Waals surface area contributed by atoms with Crippen LogP contribution in [0.2, 0.25) is 0 Å². The molecule has 0 saturated carbocycles. The van der Waals surface area contributed by atoms with Crippen LogP contribution >= 0.6 is 28.1 Å². The smallest absolute Gasteiger partial charge is 0.0921 e. The Morgan fingerprint density at radius 3 is 2.85 bits per heavy atom. The molecule has 0 amide bonds. The summed E-state index contributed by atoms with van der Waals surface area (Å²) in [6.07, 6.45) is 0. The Morgan fingerprint density at radius 2 is 2.31 bits per heavy atom. The highest BCUT2D eigenvalue weighted by atomic mass is 79.9. The second kappa shape index (κ2) is 4.58. The van der Waals surface area contributed by atoms with Crippen LogP contribution in [0.15, 0.2) is 22.7 Å². The van der Waals surface area contributed by atoms with Crippen molar-refractivity contribution in [3.8, 4) is 0 Å². The van der Waals surface area contributed by atoms with Crippen LogP contribution in [0.3, 0.4) is 0 Å². The number of rotatable bonds is 3. The molecule has 0 aromatic heterocycles. The Labute approximate surface area is 91.6 Å². The molecule has 0 heterocycles. The maximum absolute atomic E-state index is 5.37. The van der Waals surface area contributed by atoms with Crippen molar-refractivity contribution < 1.29 is 0 Å². The minimum absolute atomic E-state index is 0.473. The Morgan fingerprint density at radius 1 is 1.62 bits per heavy atom. The van der Waals surface area contributed by atoms with Gasteiger partial charge in [0.05, 0.1) is 11.5 Å². The third-order valence-electron chi connectivity index (χ3n) is 1.62. The lowest BCUT2D eigenvalue weighted by atomic mass is 10.2. The van der Waals surface area contributed by atoms with Crippen LogP contribution < -0.4 is 11.1 Å². The lowest BCUT2D eigenvalue weighted by Crippen LogP contribution is -2.19. The average Bonchev–Trinajstić information content (AvgIpc) is 2.07. The van der Waals surface area contributed by atoms with E-state index in [1.54, 1.807) is 0 Å². The number of benzene rings is 1. The van der Waals surface area contributed by atoms with Crippen molar-refractivity contribution in [3.05, 3.63) is 28.2 Å². The third-order valence-corrected chi connectivity index (χ3v) is 2.66. The van der Waals surface area contributed by atoms with E-state index in [1.807, 2.05) is 25.1 Å². The van der Waals surface area contributed by atoms with Gasteiger partial charge in [-0.3, -0.25) is 0 Å². The van der Waals surface area contributed by atoms with E-state index >= 15 is 0 Å². The van der Waals surface area contributed by atoms with Crippen molar-refractivity contribution in [2.45, 2.75) is 6.92 Å². The van der Waals surface area contributed by atoms with Crippen molar-refractivity contribution in [2.24, 2.45) is 5.73 Å². The summed E-state index contributed by atoms with van der Waals surface area (Å²) < 4.78 is 1.10. The SMILES string of the molecule is Cc1cc(NCC(N)=S)ccc1Br. The molecular weight excluding hydrogens is 248 g/mol. The van der Waals surface area contributed by atoms with Crippen LogP contribution in [0.1, 0.15) is 5.56 Å². The van der Waals surface area contributed by atoms with Crippen LogP contribution in [0, 0.1) is 6.92 Å². The quantitative estimate of drug-likeness (QED) is 0.819. The maximum Gasteiger partial charge on any atom is 0.0921 e. The number of anilines is 1. The molecule has 13 heavy (non-hydrogen) atoms. The number of hydrogen-bond acceptors (Lipinski definition) is 2. The second-order valence-electron chi connectivity index (χ2n) is 2.78. The van der Waals surface area contributed by atoms with E-state index in [-0.39, 0.29) is 0 Å². The first kappa shape index (κ1) is 10.5. The molecule has 4 heteroatoms. The second-order valence-corrected chi connectivity index (χ2v) is 4.16. The third kappa shape index (κ3) is 3.32. The standard InChI is InChI=1S/C9H11BrN2S/c1-6-4-7(2-3-8(6)10)12-5-9(11)13/h2-4,12H,5H2,1H3,(H2,11,13). The fourth-order valence-electron chi connectivity index (χ4n) is 0.944. The summed E-state index contributed by atoms with van der Waals surface area (Å²) in [5.41, 5.74) is 7.59. The maximum atomic E-state index is 5.37. The molecule has 0 fully saturated rings. The largest absolute Gasteiger partial charge is 0.392 e. The van der Waals surface area contributed by atoms with Crippen LogP contribution in [0.5, 0.6) is 0 Å². The van der Waals surface area contributed by atoms with E-state index < -0.39 is 0 Å². The van der Waals surface area contributed by atoms with E-state index in [0.29, 0.717) is 11.5 Å². The summed E-state index contributed by atoms with van der Waals surface area (Å²) in [5, 5.41) is 3.13. The molecule has 1 aromatic rings.